The summed E-state index contributed by atoms with van der Waals surface area (Å²) < 4.78 is 38.6. The van der Waals surface area contributed by atoms with Crippen LogP contribution in [0.3, 0.4) is 0 Å². The first-order valence-corrected chi connectivity index (χ1v) is 7.39. The lowest BCUT2D eigenvalue weighted by molar-refractivity contribution is -0.137. The van der Waals surface area contributed by atoms with E-state index in [1.54, 1.807) is 0 Å². The number of anilines is 1. The van der Waals surface area contributed by atoms with Gasteiger partial charge in [-0.3, -0.25) is 0 Å². The zero-order valence-corrected chi connectivity index (χ0v) is 13.3. The summed E-state index contributed by atoms with van der Waals surface area (Å²) in [4.78, 5) is 3.70. The van der Waals surface area contributed by atoms with E-state index in [9.17, 15) is 13.2 Å². The van der Waals surface area contributed by atoms with Gasteiger partial charge in [-0.05, 0) is 43.3 Å². The molecule has 1 aromatic carbocycles. The van der Waals surface area contributed by atoms with E-state index < -0.39 is 11.7 Å². The summed E-state index contributed by atoms with van der Waals surface area (Å²) in [5, 5.41) is 5.51. The molecule has 0 spiro atoms. The van der Waals surface area contributed by atoms with E-state index in [4.69, 9.17) is 12.2 Å². The quantitative estimate of drug-likeness (QED) is 0.828. The maximum Gasteiger partial charge on any atom is 0.419 e. The van der Waals surface area contributed by atoms with Crippen LogP contribution in [0.5, 0.6) is 0 Å². The lowest BCUT2D eigenvalue weighted by Gasteiger charge is -2.14. The van der Waals surface area contributed by atoms with E-state index >= 15 is 0 Å². The molecule has 0 aliphatic heterocycles. The molecule has 1 aromatic heterocycles. The Morgan fingerprint density at radius 2 is 2.00 bits per heavy atom. The first-order chi connectivity index (χ1) is 10.9. The van der Waals surface area contributed by atoms with E-state index in [1.165, 1.54) is 12.3 Å². The standard InChI is InChI=1S/C16H16F3N3S/c1-11-4-2-5-12(10-11)7-9-21-15(23)22-14-13(16(17,18)19)6-3-8-20-14/h2-6,8,10H,7,9H2,1H3,(H2,20,21,22,23). The number of nitrogens with one attached hydrogen (secondary N) is 2. The van der Waals surface area contributed by atoms with E-state index in [2.05, 4.69) is 21.7 Å². The second-order valence-electron chi connectivity index (χ2n) is 5.02. The highest BCUT2D eigenvalue weighted by Crippen LogP contribution is 2.33. The van der Waals surface area contributed by atoms with Gasteiger partial charge in [0, 0.05) is 12.7 Å². The van der Waals surface area contributed by atoms with Gasteiger partial charge in [-0.2, -0.15) is 13.2 Å². The molecule has 2 aromatic rings. The van der Waals surface area contributed by atoms with Crippen LogP contribution in [0.4, 0.5) is 19.0 Å². The number of pyridine rings is 1. The van der Waals surface area contributed by atoms with E-state index in [1.807, 2.05) is 25.1 Å². The number of thiocarbonyl (C=S) groups is 1. The van der Waals surface area contributed by atoms with Gasteiger partial charge in [0.2, 0.25) is 0 Å². The van der Waals surface area contributed by atoms with Crippen molar-refractivity contribution < 1.29 is 13.2 Å². The molecule has 23 heavy (non-hydrogen) atoms. The molecule has 122 valence electrons. The molecule has 0 unspecified atom stereocenters. The van der Waals surface area contributed by atoms with Crippen LogP contribution in [0.1, 0.15) is 16.7 Å². The van der Waals surface area contributed by atoms with Crippen LogP contribution in [0.15, 0.2) is 42.6 Å². The fraction of sp³-hybridized carbons (Fsp3) is 0.250. The Bertz CT molecular complexity index is 686. The summed E-state index contributed by atoms with van der Waals surface area (Å²) >= 11 is 5.03. The van der Waals surface area contributed by atoms with Crippen molar-refractivity contribution in [3.8, 4) is 0 Å². The first kappa shape index (κ1) is 17.2. The van der Waals surface area contributed by atoms with Gasteiger partial charge in [-0.15, -0.1) is 0 Å². The minimum Gasteiger partial charge on any atom is -0.362 e. The monoisotopic (exact) mass is 339 g/mol. The summed E-state index contributed by atoms with van der Waals surface area (Å²) in [5.74, 6) is -0.298. The molecule has 0 amide bonds. The third-order valence-corrected chi connectivity index (χ3v) is 3.37. The molecule has 0 atom stereocenters. The molecular formula is C16H16F3N3S. The van der Waals surface area contributed by atoms with Crippen LogP contribution in [0.25, 0.3) is 0 Å². The molecule has 0 aliphatic carbocycles. The molecule has 0 radical (unpaired) electrons. The van der Waals surface area contributed by atoms with Gasteiger partial charge in [-0.25, -0.2) is 4.98 Å². The van der Waals surface area contributed by atoms with Crippen LogP contribution < -0.4 is 10.6 Å². The second kappa shape index (κ2) is 7.41. The fourth-order valence-electron chi connectivity index (χ4n) is 2.07. The highest BCUT2D eigenvalue weighted by atomic mass is 32.1. The van der Waals surface area contributed by atoms with Crippen LogP contribution in [0, 0.1) is 6.92 Å². The fourth-order valence-corrected chi connectivity index (χ4v) is 2.27. The van der Waals surface area contributed by atoms with Gasteiger partial charge in [0.15, 0.2) is 5.11 Å². The van der Waals surface area contributed by atoms with Gasteiger partial charge < -0.3 is 10.6 Å². The number of alkyl halides is 3. The summed E-state index contributed by atoms with van der Waals surface area (Å²) in [5.41, 5.74) is 1.45. The SMILES string of the molecule is Cc1cccc(CCNC(=S)Nc2ncccc2C(F)(F)F)c1. The topological polar surface area (TPSA) is 37.0 Å². The highest BCUT2D eigenvalue weighted by molar-refractivity contribution is 7.80. The Labute approximate surface area is 137 Å². The smallest absolute Gasteiger partial charge is 0.362 e. The van der Waals surface area contributed by atoms with Crippen molar-refractivity contribution >= 4 is 23.1 Å². The zero-order chi connectivity index (χ0) is 16.9. The number of aromatic nitrogens is 1. The van der Waals surface area contributed by atoms with Crippen LogP contribution in [0.2, 0.25) is 0 Å². The average molecular weight is 339 g/mol. The summed E-state index contributed by atoms with van der Waals surface area (Å²) in [6, 6.07) is 10.2. The summed E-state index contributed by atoms with van der Waals surface area (Å²) in [6.07, 6.45) is -2.47. The number of nitrogens with zero attached hydrogens (tertiary/aromatic N) is 1. The number of hydrogen-bond acceptors (Lipinski definition) is 2. The molecule has 0 bridgehead atoms. The largest absolute Gasteiger partial charge is 0.419 e. The zero-order valence-electron chi connectivity index (χ0n) is 12.4. The van der Waals surface area contributed by atoms with Gasteiger partial charge in [0.1, 0.15) is 5.82 Å². The number of hydrogen-bond donors (Lipinski definition) is 2. The van der Waals surface area contributed by atoms with Crippen molar-refractivity contribution in [1.82, 2.24) is 10.3 Å². The molecule has 2 N–H and O–H groups in total. The van der Waals surface area contributed by atoms with Gasteiger partial charge in [-0.1, -0.05) is 29.8 Å². The lowest BCUT2D eigenvalue weighted by Crippen LogP contribution is -2.31. The lowest BCUT2D eigenvalue weighted by atomic mass is 10.1. The van der Waals surface area contributed by atoms with E-state index in [0.717, 1.165) is 23.6 Å². The number of benzene rings is 1. The van der Waals surface area contributed by atoms with Crippen molar-refractivity contribution in [1.29, 1.82) is 0 Å². The summed E-state index contributed by atoms with van der Waals surface area (Å²) in [6.45, 7) is 2.52. The molecule has 0 saturated carbocycles. The normalized spacial score (nSPS) is 11.1. The van der Waals surface area contributed by atoms with Crippen molar-refractivity contribution in [3.63, 3.8) is 0 Å². The molecule has 0 fully saturated rings. The third-order valence-electron chi connectivity index (χ3n) is 3.13. The maximum absolute atomic E-state index is 12.9. The third kappa shape index (κ3) is 5.21. The minimum atomic E-state index is -4.48. The second-order valence-corrected chi connectivity index (χ2v) is 5.43. The highest BCUT2D eigenvalue weighted by Gasteiger charge is 2.34. The Morgan fingerprint density at radius 3 is 2.70 bits per heavy atom. The van der Waals surface area contributed by atoms with Crippen molar-refractivity contribution in [2.75, 3.05) is 11.9 Å². The van der Waals surface area contributed by atoms with E-state index in [0.29, 0.717) is 6.54 Å². The first-order valence-electron chi connectivity index (χ1n) is 6.99. The van der Waals surface area contributed by atoms with Gasteiger partial charge in [0.25, 0.3) is 0 Å². The average Bonchev–Trinajstić information content (AvgIpc) is 2.47. The Kier molecular flexibility index (Phi) is 5.54. The maximum atomic E-state index is 12.9. The Morgan fingerprint density at radius 1 is 1.22 bits per heavy atom. The summed E-state index contributed by atoms with van der Waals surface area (Å²) in [7, 11) is 0. The molecule has 2 rings (SSSR count). The molecule has 7 heteroatoms. The van der Waals surface area contributed by atoms with E-state index in [-0.39, 0.29) is 10.9 Å². The molecule has 0 saturated heterocycles. The number of halogens is 3. The number of aryl methyl sites for hydroxylation is 1. The van der Waals surface area contributed by atoms with Gasteiger partial charge >= 0.3 is 6.18 Å². The van der Waals surface area contributed by atoms with Crippen molar-refractivity contribution in [3.05, 3.63) is 59.3 Å². The van der Waals surface area contributed by atoms with Crippen LogP contribution in [-0.4, -0.2) is 16.6 Å². The molecule has 3 nitrogen and oxygen atoms in total. The predicted molar refractivity (Wildman–Crippen MR) is 88.3 cm³/mol. The molecular weight excluding hydrogens is 323 g/mol. The van der Waals surface area contributed by atoms with Crippen LogP contribution >= 0.6 is 12.2 Å². The Hall–Kier alpha value is -2.15. The predicted octanol–water partition coefficient (Wildman–Crippen LogP) is 3.94. The van der Waals surface area contributed by atoms with Crippen molar-refractivity contribution in [2.45, 2.75) is 19.5 Å². The van der Waals surface area contributed by atoms with Crippen molar-refractivity contribution in [2.24, 2.45) is 0 Å². The Balaban J connectivity index is 1.91. The van der Waals surface area contributed by atoms with Crippen LogP contribution in [-0.2, 0) is 12.6 Å². The minimum absolute atomic E-state index is 0.113. The van der Waals surface area contributed by atoms with Gasteiger partial charge in [0.05, 0.1) is 5.56 Å². The number of rotatable bonds is 4. The molecule has 0 aliphatic rings. The molecule has 1 heterocycles.